The summed E-state index contributed by atoms with van der Waals surface area (Å²) in [6, 6.07) is 16.1. The number of anilines is 1. The van der Waals surface area contributed by atoms with Crippen LogP contribution in [0.2, 0.25) is 0 Å². The average Bonchev–Trinajstić information content (AvgIpc) is 3.11. The summed E-state index contributed by atoms with van der Waals surface area (Å²) in [5.74, 6) is -0.545. The minimum absolute atomic E-state index is 0.0359. The smallest absolute Gasteiger partial charge is 0.416 e. The van der Waals surface area contributed by atoms with E-state index >= 15 is 0 Å². The summed E-state index contributed by atoms with van der Waals surface area (Å²) in [6.45, 7) is 5.93. The highest BCUT2D eigenvalue weighted by molar-refractivity contribution is 6.10. The Hall–Kier alpha value is -3.87. The largest absolute Gasteiger partial charge is 0.450 e. The Bertz CT molecular complexity index is 1520. The fourth-order valence-electron chi connectivity index (χ4n) is 4.56. The monoisotopic (exact) mass is 477 g/mol. The minimum Gasteiger partial charge on any atom is -0.450 e. The zero-order chi connectivity index (χ0) is 25.1. The van der Waals surface area contributed by atoms with E-state index in [0.717, 1.165) is 23.3 Å². The van der Waals surface area contributed by atoms with Crippen LogP contribution in [-0.4, -0.2) is 5.91 Å². The van der Waals surface area contributed by atoms with Gasteiger partial charge in [-0.25, -0.2) is 0 Å². The van der Waals surface area contributed by atoms with Gasteiger partial charge in [0.1, 0.15) is 5.58 Å². The van der Waals surface area contributed by atoms with E-state index in [4.69, 9.17) is 4.42 Å². The lowest BCUT2D eigenvalue weighted by Crippen LogP contribution is -2.29. The van der Waals surface area contributed by atoms with E-state index in [-0.39, 0.29) is 33.9 Å². The van der Waals surface area contributed by atoms with Crippen LogP contribution in [-0.2, 0) is 6.18 Å². The van der Waals surface area contributed by atoms with Crippen molar-refractivity contribution in [2.45, 2.75) is 38.9 Å². The van der Waals surface area contributed by atoms with Gasteiger partial charge < -0.3 is 4.42 Å². The van der Waals surface area contributed by atoms with E-state index in [1.807, 2.05) is 45.0 Å². The normalized spacial score (nSPS) is 15.8. The third-order valence-electron chi connectivity index (χ3n) is 6.40. The van der Waals surface area contributed by atoms with Crippen LogP contribution in [0.25, 0.3) is 11.0 Å². The number of hydrogen-bond acceptors (Lipinski definition) is 3. The summed E-state index contributed by atoms with van der Waals surface area (Å²) < 4.78 is 46.3. The van der Waals surface area contributed by atoms with Crippen molar-refractivity contribution in [1.82, 2.24) is 0 Å². The topological polar surface area (TPSA) is 50.5 Å². The zero-order valence-electron chi connectivity index (χ0n) is 19.3. The van der Waals surface area contributed by atoms with Crippen molar-refractivity contribution in [2.24, 2.45) is 0 Å². The number of nitrogens with zero attached hydrogens (tertiary/aromatic N) is 1. The maximum Gasteiger partial charge on any atom is 0.416 e. The Labute approximate surface area is 199 Å². The van der Waals surface area contributed by atoms with Gasteiger partial charge in [-0.3, -0.25) is 14.5 Å². The van der Waals surface area contributed by atoms with Crippen LogP contribution < -0.4 is 10.3 Å². The molecule has 0 fully saturated rings. The molecule has 1 aliphatic rings. The Morgan fingerprint density at radius 3 is 2.31 bits per heavy atom. The Morgan fingerprint density at radius 2 is 1.66 bits per heavy atom. The molecule has 0 radical (unpaired) electrons. The van der Waals surface area contributed by atoms with E-state index in [1.54, 1.807) is 18.2 Å². The number of carbonyl (C=O) groups excluding carboxylic acids is 1. The molecule has 0 saturated carbocycles. The molecule has 1 aromatic heterocycles. The van der Waals surface area contributed by atoms with Gasteiger partial charge >= 0.3 is 6.18 Å². The standard InChI is InChI=1S/C28H22F3NO3/c1-15(2)17-8-10-18(11-9-17)24-23-25(33)21-13-16(3)7-12-22(21)35-26(23)27(34)32(24)20-6-4-5-19(14-20)28(29,30)31/h4-15,24H,1-3H3. The number of amides is 1. The second kappa shape index (κ2) is 8.12. The molecule has 0 spiro atoms. The quantitative estimate of drug-likeness (QED) is 0.319. The first-order valence-electron chi connectivity index (χ1n) is 11.2. The third-order valence-corrected chi connectivity index (χ3v) is 6.40. The molecule has 1 atom stereocenters. The molecular formula is C28H22F3NO3. The maximum absolute atomic E-state index is 13.7. The Kier molecular flexibility index (Phi) is 5.31. The summed E-state index contributed by atoms with van der Waals surface area (Å²) in [7, 11) is 0. The van der Waals surface area contributed by atoms with Gasteiger partial charge in [-0.15, -0.1) is 0 Å². The Morgan fingerprint density at radius 1 is 0.943 bits per heavy atom. The van der Waals surface area contributed by atoms with Crippen LogP contribution in [0.5, 0.6) is 0 Å². The van der Waals surface area contributed by atoms with Crippen molar-refractivity contribution in [3.63, 3.8) is 0 Å². The van der Waals surface area contributed by atoms with E-state index in [1.165, 1.54) is 17.0 Å². The fraction of sp³-hybridized carbons (Fsp3) is 0.214. The molecule has 1 amide bonds. The van der Waals surface area contributed by atoms with Crippen molar-refractivity contribution in [3.8, 4) is 0 Å². The lowest BCUT2D eigenvalue weighted by Gasteiger charge is -2.26. The first-order valence-corrected chi connectivity index (χ1v) is 11.2. The van der Waals surface area contributed by atoms with E-state index < -0.39 is 23.7 Å². The van der Waals surface area contributed by atoms with Crippen LogP contribution in [0.3, 0.4) is 0 Å². The summed E-state index contributed by atoms with van der Waals surface area (Å²) in [4.78, 5) is 28.5. The highest BCUT2D eigenvalue weighted by Gasteiger charge is 2.44. The molecule has 1 aliphatic heterocycles. The summed E-state index contributed by atoms with van der Waals surface area (Å²) in [5, 5.41) is 0.325. The van der Waals surface area contributed by atoms with Gasteiger partial charge in [0, 0.05) is 5.69 Å². The zero-order valence-corrected chi connectivity index (χ0v) is 19.3. The van der Waals surface area contributed by atoms with Crippen LogP contribution in [0.4, 0.5) is 18.9 Å². The van der Waals surface area contributed by atoms with Crippen LogP contribution in [0, 0.1) is 6.92 Å². The molecule has 0 aliphatic carbocycles. The molecule has 7 heteroatoms. The molecule has 1 unspecified atom stereocenters. The van der Waals surface area contributed by atoms with Gasteiger partial charge in [0.15, 0.2) is 5.43 Å². The molecular weight excluding hydrogens is 455 g/mol. The number of carbonyl (C=O) groups is 1. The predicted molar refractivity (Wildman–Crippen MR) is 128 cm³/mol. The highest BCUT2D eigenvalue weighted by atomic mass is 19.4. The third kappa shape index (κ3) is 3.81. The molecule has 4 aromatic rings. The van der Waals surface area contributed by atoms with Gasteiger partial charge in [0.05, 0.1) is 22.6 Å². The van der Waals surface area contributed by atoms with Gasteiger partial charge in [-0.05, 0) is 54.3 Å². The molecule has 35 heavy (non-hydrogen) atoms. The maximum atomic E-state index is 13.7. The fourth-order valence-corrected chi connectivity index (χ4v) is 4.56. The number of hydrogen-bond donors (Lipinski definition) is 0. The minimum atomic E-state index is -4.58. The number of alkyl halides is 3. The van der Waals surface area contributed by atoms with Crippen LogP contribution in [0.1, 0.15) is 64.2 Å². The second-order valence-electron chi connectivity index (χ2n) is 9.12. The van der Waals surface area contributed by atoms with E-state index in [9.17, 15) is 22.8 Å². The van der Waals surface area contributed by atoms with Crippen molar-refractivity contribution in [3.05, 3.63) is 111 Å². The highest BCUT2D eigenvalue weighted by Crippen LogP contribution is 2.43. The van der Waals surface area contributed by atoms with Crippen LogP contribution >= 0.6 is 0 Å². The van der Waals surface area contributed by atoms with Crippen molar-refractivity contribution in [2.75, 3.05) is 4.90 Å². The molecule has 3 aromatic carbocycles. The van der Waals surface area contributed by atoms with E-state index in [2.05, 4.69) is 0 Å². The Balaban J connectivity index is 1.77. The van der Waals surface area contributed by atoms with Gasteiger partial charge in [0.25, 0.3) is 5.91 Å². The van der Waals surface area contributed by atoms with Gasteiger partial charge in [-0.2, -0.15) is 13.2 Å². The summed E-state index contributed by atoms with van der Waals surface area (Å²) in [5.41, 5.74) is 1.69. The SMILES string of the molecule is Cc1ccc2oc3c(c(=O)c2c1)C(c1ccc(C(C)C)cc1)N(c1cccc(C(F)(F)F)c1)C3=O. The molecule has 0 bridgehead atoms. The molecule has 5 rings (SSSR count). The molecule has 4 nitrogen and oxygen atoms in total. The number of fused-ring (bicyclic) bond motifs is 2. The predicted octanol–water partition coefficient (Wildman–Crippen LogP) is 6.99. The molecule has 178 valence electrons. The van der Waals surface area contributed by atoms with E-state index in [0.29, 0.717) is 10.9 Å². The average molecular weight is 477 g/mol. The number of halogens is 3. The van der Waals surface area contributed by atoms with Gasteiger partial charge in [-0.1, -0.05) is 55.8 Å². The number of rotatable bonds is 3. The lowest BCUT2D eigenvalue weighted by molar-refractivity contribution is -0.137. The van der Waals surface area contributed by atoms with Crippen molar-refractivity contribution < 1.29 is 22.4 Å². The molecule has 2 heterocycles. The second-order valence-corrected chi connectivity index (χ2v) is 9.12. The van der Waals surface area contributed by atoms with Gasteiger partial charge in [0.2, 0.25) is 5.76 Å². The number of aryl methyl sites for hydroxylation is 1. The lowest BCUT2D eigenvalue weighted by atomic mass is 9.95. The van der Waals surface area contributed by atoms with Crippen molar-refractivity contribution >= 4 is 22.6 Å². The molecule has 0 N–H and O–H groups in total. The number of benzene rings is 3. The first-order chi connectivity index (χ1) is 16.6. The first kappa shape index (κ1) is 22.9. The van der Waals surface area contributed by atoms with Crippen LogP contribution in [0.15, 0.2) is 75.9 Å². The summed E-state index contributed by atoms with van der Waals surface area (Å²) >= 11 is 0. The van der Waals surface area contributed by atoms with Crippen molar-refractivity contribution in [1.29, 1.82) is 0 Å². The summed E-state index contributed by atoms with van der Waals surface area (Å²) in [6.07, 6.45) is -4.58. The molecule has 0 saturated heterocycles.